The van der Waals surface area contributed by atoms with Crippen LogP contribution in [0.4, 0.5) is 8.78 Å². The normalized spacial score (nSPS) is 12.8. The Morgan fingerprint density at radius 2 is 1.95 bits per heavy atom. The molecule has 1 aromatic rings. The van der Waals surface area contributed by atoms with E-state index in [1.54, 1.807) is 6.92 Å². The van der Waals surface area contributed by atoms with Gasteiger partial charge in [0.05, 0.1) is 0 Å². The van der Waals surface area contributed by atoms with Crippen LogP contribution in [0.3, 0.4) is 0 Å². The number of amides is 1. The van der Waals surface area contributed by atoms with Gasteiger partial charge in [0, 0.05) is 6.04 Å². The fourth-order valence-corrected chi connectivity index (χ4v) is 1.41. The first-order valence-corrected chi connectivity index (χ1v) is 5.98. The van der Waals surface area contributed by atoms with Crippen LogP contribution < -0.4 is 5.32 Å². The monoisotopic (exact) mass is 290 g/mol. The Kier molecular flexibility index (Phi) is 5.12. The van der Waals surface area contributed by atoms with Gasteiger partial charge in [-0.15, -0.1) is 5.10 Å². The summed E-state index contributed by atoms with van der Waals surface area (Å²) >= 11 is 0. The standard InChI is InChI=1S/C11H16F2N4O3/c1-5(2)6(3)14-7(18)4-17-9(10(12)13)8(11(19)20)15-16-17/h5-6,10H,4H2,1-3H3,(H,14,18)(H,19,20). The van der Waals surface area contributed by atoms with Gasteiger partial charge >= 0.3 is 5.97 Å². The lowest BCUT2D eigenvalue weighted by atomic mass is 10.1. The van der Waals surface area contributed by atoms with Crippen LogP contribution in [-0.2, 0) is 11.3 Å². The number of carboxylic acid groups (broad SMARTS) is 1. The lowest BCUT2D eigenvalue weighted by Crippen LogP contribution is -2.38. The van der Waals surface area contributed by atoms with E-state index in [1.807, 2.05) is 13.8 Å². The summed E-state index contributed by atoms with van der Waals surface area (Å²) in [5.74, 6) is -1.96. The molecule has 0 aliphatic rings. The van der Waals surface area contributed by atoms with Crippen molar-refractivity contribution in [3.05, 3.63) is 11.4 Å². The first-order chi connectivity index (χ1) is 9.23. The SMILES string of the molecule is CC(C)C(C)NC(=O)Cn1nnc(C(=O)O)c1C(F)F. The number of aromatic nitrogens is 3. The van der Waals surface area contributed by atoms with Crippen molar-refractivity contribution in [3.63, 3.8) is 0 Å². The molecule has 7 nitrogen and oxygen atoms in total. The summed E-state index contributed by atoms with van der Waals surface area (Å²) in [6, 6.07) is -0.139. The molecule has 112 valence electrons. The molecule has 1 aromatic heterocycles. The highest BCUT2D eigenvalue weighted by molar-refractivity contribution is 5.86. The largest absolute Gasteiger partial charge is 0.476 e. The van der Waals surface area contributed by atoms with Gasteiger partial charge < -0.3 is 10.4 Å². The highest BCUT2D eigenvalue weighted by Crippen LogP contribution is 2.21. The molecule has 0 saturated carbocycles. The fraction of sp³-hybridized carbons (Fsp3) is 0.636. The number of rotatable bonds is 6. The van der Waals surface area contributed by atoms with E-state index in [9.17, 15) is 18.4 Å². The van der Waals surface area contributed by atoms with Crippen molar-refractivity contribution in [1.29, 1.82) is 0 Å². The molecule has 0 aromatic carbocycles. The zero-order chi connectivity index (χ0) is 15.4. The zero-order valence-corrected chi connectivity index (χ0v) is 11.3. The molecule has 0 aliphatic heterocycles. The predicted octanol–water partition coefficient (Wildman–Crippen LogP) is 1.07. The predicted molar refractivity (Wildman–Crippen MR) is 64.4 cm³/mol. The maximum Gasteiger partial charge on any atom is 0.358 e. The van der Waals surface area contributed by atoms with Crippen molar-refractivity contribution in [2.24, 2.45) is 5.92 Å². The van der Waals surface area contributed by atoms with E-state index in [1.165, 1.54) is 0 Å². The molecule has 0 radical (unpaired) electrons. The molecule has 20 heavy (non-hydrogen) atoms. The van der Waals surface area contributed by atoms with Crippen LogP contribution in [-0.4, -0.2) is 38.0 Å². The Bertz CT molecular complexity index is 502. The number of halogens is 2. The first kappa shape index (κ1) is 16.0. The van der Waals surface area contributed by atoms with E-state index < -0.39 is 36.2 Å². The summed E-state index contributed by atoms with van der Waals surface area (Å²) in [4.78, 5) is 22.4. The second kappa shape index (κ2) is 6.40. The van der Waals surface area contributed by atoms with E-state index in [2.05, 4.69) is 15.6 Å². The Hall–Kier alpha value is -2.06. The van der Waals surface area contributed by atoms with Crippen molar-refractivity contribution in [1.82, 2.24) is 20.3 Å². The lowest BCUT2D eigenvalue weighted by Gasteiger charge is -2.17. The Labute approximate surface area is 114 Å². The second-order valence-electron chi connectivity index (χ2n) is 4.69. The van der Waals surface area contributed by atoms with E-state index >= 15 is 0 Å². The van der Waals surface area contributed by atoms with Crippen LogP contribution in [0.2, 0.25) is 0 Å². The van der Waals surface area contributed by atoms with Crippen molar-refractivity contribution >= 4 is 11.9 Å². The first-order valence-electron chi connectivity index (χ1n) is 5.98. The van der Waals surface area contributed by atoms with Crippen LogP contribution >= 0.6 is 0 Å². The van der Waals surface area contributed by atoms with Gasteiger partial charge in [-0.2, -0.15) is 0 Å². The summed E-state index contributed by atoms with van der Waals surface area (Å²) in [5.41, 5.74) is -1.71. The van der Waals surface area contributed by atoms with Crippen molar-refractivity contribution in [2.75, 3.05) is 0 Å². The number of carbonyl (C=O) groups is 2. The molecular formula is C11H16F2N4O3. The van der Waals surface area contributed by atoms with Gasteiger partial charge in [0.1, 0.15) is 12.2 Å². The lowest BCUT2D eigenvalue weighted by molar-refractivity contribution is -0.122. The summed E-state index contributed by atoms with van der Waals surface area (Å²) in [6.45, 7) is 5.07. The molecule has 0 saturated heterocycles. The Balaban J connectivity index is 2.88. The Morgan fingerprint density at radius 1 is 1.35 bits per heavy atom. The quantitative estimate of drug-likeness (QED) is 0.817. The minimum absolute atomic E-state index is 0.139. The summed E-state index contributed by atoms with van der Waals surface area (Å²) in [5, 5.41) is 17.8. The van der Waals surface area contributed by atoms with Gasteiger partial charge in [-0.25, -0.2) is 18.3 Å². The minimum atomic E-state index is -3.08. The van der Waals surface area contributed by atoms with Gasteiger partial charge in [0.2, 0.25) is 5.91 Å². The molecule has 0 fully saturated rings. The van der Waals surface area contributed by atoms with E-state index in [-0.39, 0.29) is 12.0 Å². The third kappa shape index (κ3) is 3.72. The molecule has 1 amide bonds. The Morgan fingerprint density at radius 3 is 2.40 bits per heavy atom. The second-order valence-corrected chi connectivity index (χ2v) is 4.69. The number of aromatic carboxylic acids is 1. The average molecular weight is 290 g/mol. The smallest absolute Gasteiger partial charge is 0.358 e. The minimum Gasteiger partial charge on any atom is -0.476 e. The van der Waals surface area contributed by atoms with Crippen LogP contribution in [0.25, 0.3) is 0 Å². The maximum absolute atomic E-state index is 12.8. The number of hydrogen-bond donors (Lipinski definition) is 2. The average Bonchev–Trinajstić information content (AvgIpc) is 2.72. The summed E-state index contributed by atoms with van der Waals surface area (Å²) in [7, 11) is 0. The van der Waals surface area contributed by atoms with Gasteiger partial charge in [0.25, 0.3) is 6.43 Å². The molecule has 2 N–H and O–H groups in total. The summed E-state index contributed by atoms with van der Waals surface area (Å²) < 4.78 is 26.3. The van der Waals surface area contributed by atoms with Crippen LogP contribution in [0, 0.1) is 5.92 Å². The molecule has 1 rings (SSSR count). The number of alkyl halides is 2. The molecule has 1 heterocycles. The number of carbonyl (C=O) groups excluding carboxylic acids is 1. The van der Waals surface area contributed by atoms with Gasteiger partial charge in [-0.3, -0.25) is 4.79 Å². The molecule has 0 aliphatic carbocycles. The molecular weight excluding hydrogens is 274 g/mol. The van der Waals surface area contributed by atoms with Crippen LogP contribution in [0.15, 0.2) is 0 Å². The van der Waals surface area contributed by atoms with E-state index in [0.29, 0.717) is 4.68 Å². The van der Waals surface area contributed by atoms with Crippen LogP contribution in [0.5, 0.6) is 0 Å². The van der Waals surface area contributed by atoms with Crippen molar-refractivity contribution in [3.8, 4) is 0 Å². The topological polar surface area (TPSA) is 97.1 Å². The highest BCUT2D eigenvalue weighted by atomic mass is 19.3. The van der Waals surface area contributed by atoms with Gasteiger partial charge in [-0.1, -0.05) is 19.1 Å². The molecule has 0 bridgehead atoms. The molecule has 1 unspecified atom stereocenters. The summed E-state index contributed by atoms with van der Waals surface area (Å²) in [6.07, 6.45) is -3.08. The van der Waals surface area contributed by atoms with Gasteiger partial charge in [0.15, 0.2) is 5.69 Å². The highest BCUT2D eigenvalue weighted by Gasteiger charge is 2.27. The maximum atomic E-state index is 12.8. The number of carboxylic acids is 1. The number of nitrogens with one attached hydrogen (secondary N) is 1. The molecule has 0 spiro atoms. The third-order valence-corrected chi connectivity index (χ3v) is 2.86. The van der Waals surface area contributed by atoms with Crippen molar-refractivity contribution < 1.29 is 23.5 Å². The van der Waals surface area contributed by atoms with E-state index in [0.717, 1.165) is 0 Å². The fourth-order valence-electron chi connectivity index (χ4n) is 1.41. The van der Waals surface area contributed by atoms with Gasteiger partial charge in [-0.05, 0) is 12.8 Å². The van der Waals surface area contributed by atoms with Crippen molar-refractivity contribution in [2.45, 2.75) is 39.8 Å². The number of nitrogens with zero attached hydrogens (tertiary/aromatic N) is 3. The van der Waals surface area contributed by atoms with E-state index in [4.69, 9.17) is 5.11 Å². The van der Waals surface area contributed by atoms with Crippen LogP contribution in [0.1, 0.15) is 43.4 Å². The molecule has 9 heteroatoms. The zero-order valence-electron chi connectivity index (χ0n) is 11.3. The number of hydrogen-bond acceptors (Lipinski definition) is 4. The molecule has 1 atom stereocenters. The third-order valence-electron chi connectivity index (χ3n) is 2.86.